The summed E-state index contributed by atoms with van der Waals surface area (Å²) in [6.07, 6.45) is 13.6. The molecule has 1 saturated heterocycles. The molecule has 2 fully saturated rings. The second-order valence-corrected chi connectivity index (χ2v) is 5.37. The van der Waals surface area contributed by atoms with Crippen molar-refractivity contribution in [3.63, 3.8) is 0 Å². The lowest BCUT2D eigenvalue weighted by atomic mass is 9.89. The fraction of sp³-hybridized carbons (Fsp3) is 1.00. The van der Waals surface area contributed by atoms with Crippen molar-refractivity contribution in [3.8, 4) is 0 Å². The highest BCUT2D eigenvalue weighted by Crippen LogP contribution is 2.22. The van der Waals surface area contributed by atoms with Crippen molar-refractivity contribution in [2.45, 2.75) is 57.8 Å². The van der Waals surface area contributed by atoms with E-state index in [9.17, 15) is 0 Å². The van der Waals surface area contributed by atoms with Crippen LogP contribution in [-0.2, 0) is 0 Å². The van der Waals surface area contributed by atoms with Crippen molar-refractivity contribution in [3.05, 3.63) is 0 Å². The van der Waals surface area contributed by atoms with Gasteiger partial charge in [-0.1, -0.05) is 19.3 Å². The second-order valence-electron chi connectivity index (χ2n) is 5.37. The van der Waals surface area contributed by atoms with Crippen molar-refractivity contribution in [1.82, 2.24) is 0 Å². The van der Waals surface area contributed by atoms with Gasteiger partial charge in [0.1, 0.15) is 0 Å². The average Bonchev–Trinajstić information content (AvgIpc) is 2.48. The molecule has 0 aromatic heterocycles. The van der Waals surface area contributed by atoms with Crippen molar-refractivity contribution >= 4 is 0 Å². The number of nitrogens with one attached hydrogen (secondary N) is 1. The first-order valence-corrected chi connectivity index (χ1v) is 6.79. The van der Waals surface area contributed by atoms with E-state index in [-0.39, 0.29) is 12.4 Å². The van der Waals surface area contributed by atoms with Crippen LogP contribution in [0.3, 0.4) is 0 Å². The SMILES string of the molecule is C1CCC(C[NH+]2CCCCCC2)CC1.[Cl-]. The molecule has 0 bridgehead atoms. The molecule has 1 heterocycles. The Labute approximate surface area is 101 Å². The molecule has 2 rings (SSSR count). The predicted octanol–water partition coefficient (Wildman–Crippen LogP) is -0.970. The van der Waals surface area contributed by atoms with E-state index in [2.05, 4.69) is 0 Å². The van der Waals surface area contributed by atoms with Crippen LogP contribution in [0, 0.1) is 5.92 Å². The number of hydrogen-bond donors (Lipinski definition) is 1. The van der Waals surface area contributed by atoms with Crippen molar-refractivity contribution < 1.29 is 17.3 Å². The highest BCUT2D eigenvalue weighted by Gasteiger charge is 2.20. The monoisotopic (exact) mass is 231 g/mol. The molecule has 0 aromatic rings. The Morgan fingerprint density at radius 3 is 1.87 bits per heavy atom. The Hall–Kier alpha value is 0.250. The number of hydrogen-bond acceptors (Lipinski definition) is 0. The smallest absolute Gasteiger partial charge is 0.0799 e. The van der Waals surface area contributed by atoms with Gasteiger partial charge in [-0.15, -0.1) is 0 Å². The first kappa shape index (κ1) is 13.3. The summed E-state index contributed by atoms with van der Waals surface area (Å²) < 4.78 is 0. The van der Waals surface area contributed by atoms with E-state index in [0.29, 0.717) is 0 Å². The zero-order valence-electron chi connectivity index (χ0n) is 9.94. The van der Waals surface area contributed by atoms with Crippen LogP contribution in [0.15, 0.2) is 0 Å². The zero-order valence-corrected chi connectivity index (χ0v) is 10.7. The molecule has 2 heteroatoms. The molecule has 0 amide bonds. The minimum atomic E-state index is 0. The highest BCUT2D eigenvalue weighted by atomic mass is 35.5. The van der Waals surface area contributed by atoms with Gasteiger partial charge in [0.25, 0.3) is 0 Å². The summed E-state index contributed by atoms with van der Waals surface area (Å²) in [5, 5.41) is 0. The minimum absolute atomic E-state index is 0. The van der Waals surface area contributed by atoms with Gasteiger partial charge in [-0.3, -0.25) is 0 Å². The van der Waals surface area contributed by atoms with Gasteiger partial charge in [0.2, 0.25) is 0 Å². The minimum Gasteiger partial charge on any atom is -1.00 e. The lowest BCUT2D eigenvalue weighted by Gasteiger charge is -2.26. The van der Waals surface area contributed by atoms with E-state index in [1.807, 2.05) is 4.90 Å². The summed E-state index contributed by atoms with van der Waals surface area (Å²) in [5.41, 5.74) is 0. The Morgan fingerprint density at radius 2 is 1.27 bits per heavy atom. The molecule has 1 aliphatic carbocycles. The molecule has 1 N–H and O–H groups in total. The molecule has 0 aromatic carbocycles. The maximum absolute atomic E-state index is 1.93. The van der Waals surface area contributed by atoms with Gasteiger partial charge in [0.15, 0.2) is 0 Å². The van der Waals surface area contributed by atoms with Crippen LogP contribution in [0.25, 0.3) is 0 Å². The fourth-order valence-electron chi connectivity index (χ4n) is 3.23. The van der Waals surface area contributed by atoms with Crippen LogP contribution in [0.5, 0.6) is 0 Å². The number of likely N-dealkylation sites (tertiary alicyclic amines) is 1. The van der Waals surface area contributed by atoms with Gasteiger partial charge in [-0.05, 0) is 38.5 Å². The van der Waals surface area contributed by atoms with E-state index >= 15 is 0 Å². The van der Waals surface area contributed by atoms with E-state index < -0.39 is 0 Å². The zero-order chi connectivity index (χ0) is 9.64. The van der Waals surface area contributed by atoms with Crippen molar-refractivity contribution in [1.29, 1.82) is 0 Å². The van der Waals surface area contributed by atoms with Gasteiger partial charge in [0, 0.05) is 5.92 Å². The van der Waals surface area contributed by atoms with Gasteiger partial charge in [-0.2, -0.15) is 0 Å². The Kier molecular flexibility index (Phi) is 6.67. The molecule has 1 nitrogen and oxygen atoms in total. The first-order chi connectivity index (χ1) is 6.95. The molecular weight excluding hydrogens is 206 g/mol. The standard InChI is InChI=1S/C13H25N.ClH/c1-2-7-11-14(10-6-1)12-13-8-4-3-5-9-13;/h13H,1-12H2;1H. The summed E-state index contributed by atoms with van der Waals surface area (Å²) in [6, 6.07) is 0. The maximum atomic E-state index is 1.93. The topological polar surface area (TPSA) is 4.44 Å². The third kappa shape index (κ3) is 4.74. The second kappa shape index (κ2) is 7.51. The number of quaternary nitrogens is 1. The summed E-state index contributed by atoms with van der Waals surface area (Å²) in [7, 11) is 0. The molecule has 15 heavy (non-hydrogen) atoms. The fourth-order valence-corrected chi connectivity index (χ4v) is 3.23. The molecule has 0 atom stereocenters. The number of rotatable bonds is 2. The van der Waals surface area contributed by atoms with Crippen molar-refractivity contribution in [2.24, 2.45) is 5.92 Å². The summed E-state index contributed by atoms with van der Waals surface area (Å²) in [6.45, 7) is 4.44. The molecule has 0 unspecified atom stereocenters. The summed E-state index contributed by atoms with van der Waals surface area (Å²) >= 11 is 0. The molecule has 2 aliphatic rings. The van der Waals surface area contributed by atoms with Gasteiger partial charge in [-0.25, -0.2) is 0 Å². The third-order valence-corrected chi connectivity index (χ3v) is 4.11. The Bertz CT molecular complexity index is 147. The highest BCUT2D eigenvalue weighted by molar-refractivity contribution is 4.64. The van der Waals surface area contributed by atoms with Crippen molar-refractivity contribution in [2.75, 3.05) is 19.6 Å². The maximum Gasteiger partial charge on any atom is 0.0799 e. The van der Waals surface area contributed by atoms with E-state index in [4.69, 9.17) is 0 Å². The van der Waals surface area contributed by atoms with Crippen LogP contribution in [0.1, 0.15) is 57.8 Å². The lowest BCUT2D eigenvalue weighted by molar-refractivity contribution is -0.903. The normalized spacial score (nSPS) is 25.6. The quantitative estimate of drug-likeness (QED) is 0.624. The molecule has 0 radical (unpaired) electrons. The van der Waals surface area contributed by atoms with E-state index in [1.165, 1.54) is 77.4 Å². The van der Waals surface area contributed by atoms with Crippen LogP contribution in [0.4, 0.5) is 0 Å². The molecular formula is C13H26ClN. The van der Waals surface area contributed by atoms with Crippen LogP contribution in [0.2, 0.25) is 0 Å². The average molecular weight is 232 g/mol. The molecule has 1 aliphatic heterocycles. The van der Waals surface area contributed by atoms with Gasteiger partial charge >= 0.3 is 0 Å². The predicted molar refractivity (Wildman–Crippen MR) is 60.6 cm³/mol. The van der Waals surface area contributed by atoms with Gasteiger partial charge in [0.05, 0.1) is 19.6 Å². The van der Waals surface area contributed by atoms with Crippen LogP contribution < -0.4 is 17.3 Å². The third-order valence-electron chi connectivity index (χ3n) is 4.11. The van der Waals surface area contributed by atoms with E-state index in [1.54, 1.807) is 0 Å². The van der Waals surface area contributed by atoms with Gasteiger partial charge < -0.3 is 17.3 Å². The van der Waals surface area contributed by atoms with E-state index in [0.717, 1.165) is 5.92 Å². The number of halogens is 1. The Morgan fingerprint density at radius 1 is 0.733 bits per heavy atom. The Balaban J connectivity index is 0.00000112. The lowest BCUT2D eigenvalue weighted by Crippen LogP contribution is -3.12. The molecule has 1 saturated carbocycles. The summed E-state index contributed by atoms with van der Waals surface area (Å²) in [4.78, 5) is 1.93. The molecule has 90 valence electrons. The first-order valence-electron chi connectivity index (χ1n) is 6.79. The largest absolute Gasteiger partial charge is 1.00 e. The molecule has 0 spiro atoms. The van der Waals surface area contributed by atoms with Crippen LogP contribution in [-0.4, -0.2) is 19.6 Å². The summed E-state index contributed by atoms with van der Waals surface area (Å²) in [5.74, 6) is 1.08. The van der Waals surface area contributed by atoms with Crippen LogP contribution >= 0.6 is 0 Å².